The molecule has 5 nitrogen and oxygen atoms in total. The van der Waals surface area contributed by atoms with Gasteiger partial charge in [-0.1, -0.05) is 39.8 Å². The lowest BCUT2D eigenvalue weighted by molar-refractivity contribution is 0.0929. The summed E-state index contributed by atoms with van der Waals surface area (Å²) in [6.07, 6.45) is 8.36. The molecule has 176 valence electrons. The molecule has 3 saturated carbocycles. The molecule has 3 aliphatic carbocycles. The van der Waals surface area contributed by atoms with Gasteiger partial charge in [0.05, 0.1) is 11.7 Å². The molecule has 3 aliphatic rings. The highest BCUT2D eigenvalue weighted by Gasteiger charge is 2.41. The number of aromatic amines is 1. The Morgan fingerprint density at radius 3 is 2.53 bits per heavy atom. The average molecular weight is 458 g/mol. The van der Waals surface area contributed by atoms with Crippen molar-refractivity contribution in [2.45, 2.75) is 64.8 Å². The second-order valence-corrected chi connectivity index (χ2v) is 11.3. The molecule has 0 radical (unpaired) electrons. The number of rotatable bonds is 3. The molecule has 0 amide bonds. The minimum atomic E-state index is -0.366. The van der Waals surface area contributed by atoms with Crippen molar-refractivity contribution in [2.24, 2.45) is 17.8 Å². The first-order valence-corrected chi connectivity index (χ1v) is 12.5. The summed E-state index contributed by atoms with van der Waals surface area (Å²) < 4.78 is 14.1. The summed E-state index contributed by atoms with van der Waals surface area (Å²) in [5.41, 5.74) is 3.47. The summed E-state index contributed by atoms with van der Waals surface area (Å²) in [7, 11) is 0. The number of halogens is 1. The first-order valence-electron chi connectivity index (χ1n) is 12.5. The predicted molar refractivity (Wildman–Crippen MR) is 135 cm³/mol. The van der Waals surface area contributed by atoms with Crippen LogP contribution in [0.4, 0.5) is 10.2 Å². The number of pyridine rings is 1. The third-order valence-corrected chi connectivity index (χ3v) is 8.21. The van der Waals surface area contributed by atoms with Crippen LogP contribution in [0.5, 0.6) is 0 Å². The van der Waals surface area contributed by atoms with E-state index in [4.69, 9.17) is 9.97 Å². The zero-order valence-electron chi connectivity index (χ0n) is 20.3. The first kappa shape index (κ1) is 21.5. The van der Waals surface area contributed by atoms with E-state index in [2.05, 4.69) is 61.2 Å². The van der Waals surface area contributed by atoms with Crippen LogP contribution in [0.15, 0.2) is 36.7 Å². The Morgan fingerprint density at radius 1 is 1.03 bits per heavy atom. The predicted octanol–water partition coefficient (Wildman–Crippen LogP) is 6.85. The zero-order valence-corrected chi connectivity index (χ0v) is 20.3. The molecule has 0 spiro atoms. The van der Waals surface area contributed by atoms with E-state index >= 15 is 0 Å². The minimum Gasteiger partial charge on any atom is -0.366 e. The quantitative estimate of drug-likeness (QED) is 0.353. The van der Waals surface area contributed by atoms with Gasteiger partial charge in [-0.05, 0) is 66.5 Å². The molecule has 3 aromatic heterocycles. The van der Waals surface area contributed by atoms with Gasteiger partial charge in [0.15, 0.2) is 5.82 Å². The van der Waals surface area contributed by atoms with Crippen molar-refractivity contribution in [3.05, 3.63) is 48.0 Å². The van der Waals surface area contributed by atoms with Crippen molar-refractivity contribution in [2.75, 3.05) is 5.32 Å². The Morgan fingerprint density at radius 2 is 1.79 bits per heavy atom. The Labute approximate surface area is 199 Å². The van der Waals surface area contributed by atoms with Gasteiger partial charge in [-0.25, -0.2) is 19.3 Å². The van der Waals surface area contributed by atoms with E-state index in [1.54, 1.807) is 0 Å². The maximum atomic E-state index is 14.1. The number of H-pyrrole nitrogens is 1. The largest absolute Gasteiger partial charge is 0.366 e. The number of hydrogen-bond donors (Lipinski definition) is 2. The van der Waals surface area contributed by atoms with Gasteiger partial charge in [0.1, 0.15) is 17.3 Å². The summed E-state index contributed by atoms with van der Waals surface area (Å²) in [5.74, 6) is 3.22. The standard InChI is InChI=1S/C28H32FN5/c1-15-16-8-10-17(11-9-16)23(15)32-26-19-6-5-7-22(28(2,3)4)24(19)33-27(34-26)21-14-31-25-20(21)12-18(29)13-30-25/h5-7,12-17,23H,8-11H2,1-4H3,(H,30,31)(H,32,33,34). The summed E-state index contributed by atoms with van der Waals surface area (Å²) in [4.78, 5) is 17.5. The third kappa shape index (κ3) is 3.46. The van der Waals surface area contributed by atoms with Gasteiger partial charge in [0.2, 0.25) is 0 Å². The van der Waals surface area contributed by atoms with Gasteiger partial charge in [-0.15, -0.1) is 0 Å². The molecular formula is C28H32FN5. The Bertz CT molecular complexity index is 1380. The number of para-hydroxylation sites is 1. The van der Waals surface area contributed by atoms with Crippen LogP contribution in [0.2, 0.25) is 0 Å². The monoisotopic (exact) mass is 457 g/mol. The number of fused-ring (bicyclic) bond motifs is 5. The van der Waals surface area contributed by atoms with E-state index in [1.165, 1.54) is 43.5 Å². The van der Waals surface area contributed by atoms with E-state index in [9.17, 15) is 4.39 Å². The van der Waals surface area contributed by atoms with Gasteiger partial charge in [0, 0.05) is 28.6 Å². The number of hydrogen-bond acceptors (Lipinski definition) is 4. The Hall–Kier alpha value is -3.02. The molecule has 0 aliphatic heterocycles. The van der Waals surface area contributed by atoms with Gasteiger partial charge in [-0.3, -0.25) is 0 Å². The van der Waals surface area contributed by atoms with E-state index in [1.807, 2.05) is 6.20 Å². The summed E-state index contributed by atoms with van der Waals surface area (Å²) in [6, 6.07) is 8.31. The second kappa shape index (κ2) is 7.76. The Kier molecular flexibility index (Phi) is 4.91. The molecule has 2 N–H and O–H groups in total. The summed E-state index contributed by atoms with van der Waals surface area (Å²) in [6.45, 7) is 9.03. The fourth-order valence-corrected chi connectivity index (χ4v) is 6.31. The van der Waals surface area contributed by atoms with E-state index in [0.29, 0.717) is 34.7 Å². The van der Waals surface area contributed by atoms with Crippen molar-refractivity contribution in [3.63, 3.8) is 0 Å². The smallest absolute Gasteiger partial charge is 0.164 e. The van der Waals surface area contributed by atoms with Crippen LogP contribution in [0.3, 0.4) is 0 Å². The topological polar surface area (TPSA) is 66.5 Å². The van der Waals surface area contributed by atoms with E-state index in [0.717, 1.165) is 28.2 Å². The lowest BCUT2D eigenvalue weighted by atomic mass is 9.62. The van der Waals surface area contributed by atoms with E-state index in [-0.39, 0.29) is 11.2 Å². The van der Waals surface area contributed by atoms with Crippen LogP contribution in [-0.4, -0.2) is 26.0 Å². The molecule has 2 unspecified atom stereocenters. The second-order valence-electron chi connectivity index (χ2n) is 11.3. The number of nitrogens with one attached hydrogen (secondary N) is 2. The number of aromatic nitrogens is 4. The maximum Gasteiger partial charge on any atom is 0.164 e. The van der Waals surface area contributed by atoms with Gasteiger partial charge in [0.25, 0.3) is 0 Å². The fourth-order valence-electron chi connectivity index (χ4n) is 6.31. The van der Waals surface area contributed by atoms with Crippen LogP contribution in [0.1, 0.15) is 58.9 Å². The van der Waals surface area contributed by atoms with Crippen molar-refractivity contribution in [1.82, 2.24) is 19.9 Å². The van der Waals surface area contributed by atoms with Crippen LogP contribution in [0.25, 0.3) is 33.3 Å². The van der Waals surface area contributed by atoms with Crippen LogP contribution in [-0.2, 0) is 5.41 Å². The fraction of sp³-hybridized carbons (Fsp3) is 0.464. The van der Waals surface area contributed by atoms with Gasteiger partial charge in [-0.2, -0.15) is 0 Å². The lowest BCUT2D eigenvalue weighted by Gasteiger charge is -2.48. The van der Waals surface area contributed by atoms with Crippen LogP contribution in [0, 0.1) is 23.6 Å². The van der Waals surface area contributed by atoms with Crippen molar-refractivity contribution >= 4 is 27.8 Å². The molecule has 3 heterocycles. The molecule has 3 fully saturated rings. The minimum absolute atomic E-state index is 0.0759. The average Bonchev–Trinajstić information content (AvgIpc) is 3.23. The molecule has 2 bridgehead atoms. The Balaban J connectivity index is 1.55. The molecule has 34 heavy (non-hydrogen) atoms. The van der Waals surface area contributed by atoms with Gasteiger partial charge >= 0.3 is 0 Å². The molecular weight excluding hydrogens is 425 g/mol. The first-order chi connectivity index (χ1) is 16.3. The molecule has 1 aromatic carbocycles. The summed E-state index contributed by atoms with van der Waals surface area (Å²) in [5, 5.41) is 5.64. The molecule has 6 heteroatoms. The highest BCUT2D eigenvalue weighted by atomic mass is 19.1. The molecule has 0 saturated heterocycles. The SMILES string of the molecule is CC1C2CCC(CC2)C1Nc1nc(-c2c[nH]c3ncc(F)cc23)nc2c(C(C)(C)C)cccc12. The normalized spacial score (nSPS) is 24.7. The van der Waals surface area contributed by atoms with Gasteiger partial charge < -0.3 is 10.3 Å². The number of nitrogens with zero attached hydrogens (tertiary/aromatic N) is 3. The van der Waals surface area contributed by atoms with Crippen molar-refractivity contribution in [3.8, 4) is 11.4 Å². The van der Waals surface area contributed by atoms with Crippen molar-refractivity contribution in [1.29, 1.82) is 0 Å². The zero-order chi connectivity index (χ0) is 23.6. The third-order valence-electron chi connectivity index (χ3n) is 8.21. The molecule has 7 rings (SSSR count). The lowest BCUT2D eigenvalue weighted by Crippen LogP contribution is -2.47. The number of benzene rings is 1. The number of anilines is 1. The van der Waals surface area contributed by atoms with Crippen LogP contribution >= 0.6 is 0 Å². The van der Waals surface area contributed by atoms with E-state index < -0.39 is 0 Å². The maximum absolute atomic E-state index is 14.1. The van der Waals surface area contributed by atoms with Crippen LogP contribution < -0.4 is 5.32 Å². The summed E-state index contributed by atoms with van der Waals surface area (Å²) >= 11 is 0. The van der Waals surface area contributed by atoms with Crippen molar-refractivity contribution < 1.29 is 4.39 Å². The highest BCUT2D eigenvalue weighted by molar-refractivity contribution is 5.97. The highest BCUT2D eigenvalue weighted by Crippen LogP contribution is 2.46. The molecule has 2 atom stereocenters. The molecule has 4 aromatic rings.